The number of thioether (sulfide) groups is 1. The minimum atomic E-state index is 0. The summed E-state index contributed by atoms with van der Waals surface area (Å²) in [7, 11) is 2.07. The molecule has 2 aliphatic rings. The van der Waals surface area contributed by atoms with Crippen LogP contribution in [0.25, 0.3) is 0 Å². The number of carbonyl (C=O) groups is 2. The first kappa shape index (κ1) is 24.0. The molecule has 0 radical (unpaired) electrons. The molecule has 27 heavy (non-hydrogen) atoms. The van der Waals surface area contributed by atoms with Crippen LogP contribution in [-0.4, -0.2) is 78.9 Å². The molecule has 2 saturated heterocycles. The van der Waals surface area contributed by atoms with Crippen LogP contribution in [0.5, 0.6) is 0 Å². The first-order valence-corrected chi connectivity index (χ1v) is 9.96. The normalized spacial score (nSPS) is 20.2. The van der Waals surface area contributed by atoms with Gasteiger partial charge >= 0.3 is 0 Å². The second-order valence-corrected chi connectivity index (χ2v) is 7.80. The predicted octanol–water partition coefficient (Wildman–Crippen LogP) is 1.95. The maximum absolute atomic E-state index is 12.5. The van der Waals surface area contributed by atoms with Crippen LogP contribution in [0.3, 0.4) is 0 Å². The molecule has 1 atom stereocenters. The lowest BCUT2D eigenvalue weighted by molar-refractivity contribution is -0.116. The van der Waals surface area contributed by atoms with Crippen LogP contribution >= 0.6 is 36.6 Å². The summed E-state index contributed by atoms with van der Waals surface area (Å²) in [5, 5.41) is 6.28. The number of hydrogen-bond acceptors (Lipinski definition) is 5. The van der Waals surface area contributed by atoms with Crippen molar-refractivity contribution in [1.82, 2.24) is 15.1 Å². The molecule has 9 heteroatoms. The summed E-state index contributed by atoms with van der Waals surface area (Å²) in [6.07, 6.45) is 0.481. The standard InChI is InChI=1S/C18H26N4O2S.2ClH/c1-21-7-9-22(10-8-21)18(24)14-2-4-15(5-3-14)20-17(23)12-16-13-25-11-6-19-16;;/h2-5,16,19H,6-13H2,1H3,(H,20,23);2*1H. The lowest BCUT2D eigenvalue weighted by Crippen LogP contribution is -2.47. The molecule has 2 heterocycles. The zero-order valence-electron chi connectivity index (χ0n) is 15.5. The lowest BCUT2D eigenvalue weighted by atomic mass is 10.1. The molecule has 6 nitrogen and oxygen atoms in total. The Labute approximate surface area is 177 Å². The number of piperazine rings is 1. The number of carbonyl (C=O) groups excluding carboxylic acids is 2. The summed E-state index contributed by atoms with van der Waals surface area (Å²) in [5.74, 6) is 2.17. The number of hydrogen-bond donors (Lipinski definition) is 2. The van der Waals surface area contributed by atoms with Gasteiger partial charge in [-0.3, -0.25) is 9.59 Å². The van der Waals surface area contributed by atoms with Crippen LogP contribution in [0.4, 0.5) is 5.69 Å². The molecule has 1 aromatic rings. The Bertz CT molecular complexity index is 604. The molecule has 0 aliphatic carbocycles. The number of rotatable bonds is 4. The van der Waals surface area contributed by atoms with Crippen molar-refractivity contribution in [2.75, 3.05) is 56.6 Å². The van der Waals surface area contributed by atoms with Gasteiger partial charge in [0.05, 0.1) is 0 Å². The molecule has 0 saturated carbocycles. The molecule has 0 spiro atoms. The van der Waals surface area contributed by atoms with Crippen LogP contribution in [0.2, 0.25) is 0 Å². The second-order valence-electron chi connectivity index (χ2n) is 6.65. The fourth-order valence-electron chi connectivity index (χ4n) is 3.07. The lowest BCUT2D eigenvalue weighted by Gasteiger charge is -2.32. The molecule has 2 aliphatic heterocycles. The number of nitrogens with one attached hydrogen (secondary N) is 2. The average Bonchev–Trinajstić information content (AvgIpc) is 2.63. The van der Waals surface area contributed by atoms with Gasteiger partial charge in [0, 0.05) is 67.9 Å². The maximum atomic E-state index is 12.5. The minimum Gasteiger partial charge on any atom is -0.336 e. The van der Waals surface area contributed by atoms with Gasteiger partial charge in [-0.25, -0.2) is 0 Å². The summed E-state index contributed by atoms with van der Waals surface area (Å²) in [6.45, 7) is 4.31. The van der Waals surface area contributed by atoms with Crippen molar-refractivity contribution < 1.29 is 9.59 Å². The molecular weight excluding hydrogens is 407 g/mol. The summed E-state index contributed by atoms with van der Waals surface area (Å²) in [6, 6.07) is 7.46. The first-order chi connectivity index (χ1) is 12.1. The minimum absolute atomic E-state index is 0. The van der Waals surface area contributed by atoms with Crippen molar-refractivity contribution in [1.29, 1.82) is 0 Å². The number of amides is 2. The van der Waals surface area contributed by atoms with Crippen molar-refractivity contribution >= 4 is 54.1 Å². The van der Waals surface area contributed by atoms with Gasteiger partial charge in [0.25, 0.3) is 5.91 Å². The molecule has 152 valence electrons. The quantitative estimate of drug-likeness (QED) is 0.757. The van der Waals surface area contributed by atoms with Crippen molar-refractivity contribution in [3.63, 3.8) is 0 Å². The van der Waals surface area contributed by atoms with Crippen molar-refractivity contribution in [3.8, 4) is 0 Å². The van der Waals surface area contributed by atoms with Gasteiger partial charge in [0.15, 0.2) is 0 Å². The van der Waals surface area contributed by atoms with E-state index in [-0.39, 0.29) is 42.7 Å². The molecule has 2 amide bonds. The van der Waals surface area contributed by atoms with E-state index in [0.717, 1.165) is 49.9 Å². The molecule has 2 N–H and O–H groups in total. The second kappa shape index (κ2) is 11.8. The highest BCUT2D eigenvalue weighted by atomic mass is 35.5. The van der Waals surface area contributed by atoms with Gasteiger partial charge in [-0.1, -0.05) is 0 Å². The highest BCUT2D eigenvalue weighted by molar-refractivity contribution is 7.99. The molecule has 2 fully saturated rings. The third-order valence-corrected chi connectivity index (χ3v) is 5.77. The largest absolute Gasteiger partial charge is 0.336 e. The molecule has 3 rings (SSSR count). The van der Waals surface area contributed by atoms with Gasteiger partial charge in [-0.2, -0.15) is 11.8 Å². The summed E-state index contributed by atoms with van der Waals surface area (Å²) < 4.78 is 0. The van der Waals surface area contributed by atoms with E-state index in [1.165, 1.54) is 0 Å². The first-order valence-electron chi connectivity index (χ1n) is 8.80. The fourth-order valence-corrected chi connectivity index (χ4v) is 4.02. The Hall–Kier alpha value is -0.990. The van der Waals surface area contributed by atoms with E-state index in [4.69, 9.17) is 0 Å². The highest BCUT2D eigenvalue weighted by Crippen LogP contribution is 2.15. The summed E-state index contributed by atoms with van der Waals surface area (Å²) in [4.78, 5) is 28.8. The van der Waals surface area contributed by atoms with Gasteiger partial charge in [-0.15, -0.1) is 24.8 Å². The van der Waals surface area contributed by atoms with Crippen LogP contribution in [0.1, 0.15) is 16.8 Å². The summed E-state index contributed by atoms with van der Waals surface area (Å²) >= 11 is 1.88. The Balaban J connectivity index is 0.00000182. The van der Waals surface area contributed by atoms with Crippen molar-refractivity contribution in [2.24, 2.45) is 0 Å². The highest BCUT2D eigenvalue weighted by Gasteiger charge is 2.20. The molecular formula is C18H28Cl2N4O2S. The SMILES string of the molecule is CN1CCN(C(=O)c2ccc(NC(=O)CC3CSCCN3)cc2)CC1.Cl.Cl. The third kappa shape index (κ3) is 7.16. The van der Waals surface area contributed by atoms with E-state index in [2.05, 4.69) is 22.6 Å². The Morgan fingerprint density at radius 2 is 1.81 bits per heavy atom. The topological polar surface area (TPSA) is 64.7 Å². The van der Waals surface area contributed by atoms with E-state index in [1.54, 1.807) is 12.1 Å². The van der Waals surface area contributed by atoms with E-state index in [1.807, 2.05) is 28.8 Å². The van der Waals surface area contributed by atoms with Gasteiger partial charge < -0.3 is 20.4 Å². The Morgan fingerprint density at radius 1 is 1.15 bits per heavy atom. The monoisotopic (exact) mass is 434 g/mol. The average molecular weight is 435 g/mol. The van der Waals surface area contributed by atoms with Crippen LogP contribution < -0.4 is 10.6 Å². The fraction of sp³-hybridized carbons (Fsp3) is 0.556. The Kier molecular flexibility index (Phi) is 10.5. The van der Waals surface area contributed by atoms with Crippen LogP contribution in [-0.2, 0) is 4.79 Å². The number of likely N-dealkylation sites (N-methyl/N-ethyl adjacent to an activating group) is 1. The van der Waals surface area contributed by atoms with Crippen molar-refractivity contribution in [2.45, 2.75) is 12.5 Å². The molecule has 0 bridgehead atoms. The summed E-state index contributed by atoms with van der Waals surface area (Å²) in [5.41, 5.74) is 1.41. The van der Waals surface area contributed by atoms with Crippen LogP contribution in [0, 0.1) is 0 Å². The Morgan fingerprint density at radius 3 is 2.41 bits per heavy atom. The van der Waals surface area contributed by atoms with E-state index >= 15 is 0 Å². The molecule has 1 aromatic carbocycles. The smallest absolute Gasteiger partial charge is 0.253 e. The number of anilines is 1. The third-order valence-electron chi connectivity index (χ3n) is 4.64. The van der Waals surface area contributed by atoms with Gasteiger partial charge in [0.1, 0.15) is 0 Å². The van der Waals surface area contributed by atoms with E-state index in [9.17, 15) is 9.59 Å². The van der Waals surface area contributed by atoms with Gasteiger partial charge in [-0.05, 0) is 31.3 Å². The van der Waals surface area contributed by atoms with Crippen molar-refractivity contribution in [3.05, 3.63) is 29.8 Å². The molecule has 1 unspecified atom stereocenters. The van der Waals surface area contributed by atoms with Crippen LogP contribution in [0.15, 0.2) is 24.3 Å². The zero-order chi connectivity index (χ0) is 17.6. The van der Waals surface area contributed by atoms with E-state index in [0.29, 0.717) is 12.0 Å². The maximum Gasteiger partial charge on any atom is 0.253 e. The number of benzene rings is 1. The van der Waals surface area contributed by atoms with E-state index < -0.39 is 0 Å². The number of nitrogens with zero attached hydrogens (tertiary/aromatic N) is 2. The van der Waals surface area contributed by atoms with Gasteiger partial charge in [0.2, 0.25) is 5.91 Å². The zero-order valence-corrected chi connectivity index (χ0v) is 17.9. The number of halogens is 2. The molecule has 0 aromatic heterocycles. The predicted molar refractivity (Wildman–Crippen MR) is 117 cm³/mol.